The fourth-order valence-electron chi connectivity index (χ4n) is 1.85. The summed E-state index contributed by atoms with van der Waals surface area (Å²) in [7, 11) is 0. The van der Waals surface area contributed by atoms with Gasteiger partial charge in [-0.3, -0.25) is 4.79 Å². The average Bonchev–Trinajstić information content (AvgIpc) is 2.86. The summed E-state index contributed by atoms with van der Waals surface area (Å²) in [6, 6.07) is 7.62. The van der Waals surface area contributed by atoms with Gasteiger partial charge in [0.1, 0.15) is 17.2 Å². The third-order valence-corrected chi connectivity index (χ3v) is 4.92. The molecule has 22 heavy (non-hydrogen) atoms. The number of carbonyl (C=O) groups excluding carboxylic acids is 1. The summed E-state index contributed by atoms with van der Waals surface area (Å²) < 4.78 is 6.56. The number of benzene rings is 1. The lowest BCUT2D eigenvalue weighted by Crippen LogP contribution is -2.27. The Morgan fingerprint density at radius 2 is 2.23 bits per heavy atom. The summed E-state index contributed by atoms with van der Waals surface area (Å²) in [5.41, 5.74) is 0.791. The van der Waals surface area contributed by atoms with Crippen LogP contribution < -0.4 is 10.1 Å². The van der Waals surface area contributed by atoms with Gasteiger partial charge in [-0.1, -0.05) is 35.8 Å². The molecule has 0 aliphatic rings. The number of amides is 1. The molecule has 0 unspecified atom stereocenters. The third kappa shape index (κ3) is 4.55. The van der Waals surface area contributed by atoms with Gasteiger partial charge in [-0.05, 0) is 25.1 Å². The van der Waals surface area contributed by atoms with E-state index in [-0.39, 0.29) is 5.91 Å². The fourth-order valence-corrected chi connectivity index (χ4v) is 3.21. The number of halogens is 1. The van der Waals surface area contributed by atoms with Crippen LogP contribution in [0.2, 0.25) is 0 Å². The third-order valence-electron chi connectivity index (χ3n) is 2.97. The zero-order valence-corrected chi connectivity index (χ0v) is 15.3. The highest BCUT2D eigenvalue weighted by atomic mass is 79.9. The number of hydrogen-bond acceptors (Lipinski definition) is 4. The van der Waals surface area contributed by atoms with Crippen LogP contribution >= 0.6 is 27.3 Å². The molecule has 2 rings (SSSR count). The second-order valence-corrected chi connectivity index (χ2v) is 7.13. The van der Waals surface area contributed by atoms with Crippen molar-refractivity contribution >= 4 is 33.2 Å². The number of aromatic nitrogens is 1. The van der Waals surface area contributed by atoms with E-state index in [9.17, 15) is 4.79 Å². The van der Waals surface area contributed by atoms with Crippen molar-refractivity contribution in [3.8, 4) is 5.75 Å². The summed E-state index contributed by atoms with van der Waals surface area (Å²) in [5.74, 6) is 1.03. The van der Waals surface area contributed by atoms with Crippen molar-refractivity contribution in [2.24, 2.45) is 0 Å². The highest BCUT2D eigenvalue weighted by Gasteiger charge is 2.16. The lowest BCUT2D eigenvalue weighted by Gasteiger charge is -2.07. The van der Waals surface area contributed by atoms with E-state index in [1.807, 2.05) is 31.2 Å². The summed E-state index contributed by atoms with van der Waals surface area (Å²) in [4.78, 5) is 17.3. The Morgan fingerprint density at radius 3 is 2.86 bits per heavy atom. The van der Waals surface area contributed by atoms with Crippen LogP contribution in [0, 0.1) is 6.92 Å². The largest absolute Gasteiger partial charge is 0.492 e. The van der Waals surface area contributed by atoms with E-state index >= 15 is 0 Å². The molecule has 0 aliphatic carbocycles. The van der Waals surface area contributed by atoms with Crippen molar-refractivity contribution in [3.05, 3.63) is 44.3 Å². The molecule has 1 amide bonds. The Labute approximate surface area is 143 Å². The first-order valence-electron chi connectivity index (χ1n) is 7.11. The maximum absolute atomic E-state index is 12.2. The predicted octanol–water partition coefficient (Wildman–Crippen LogP) is 4.15. The van der Waals surface area contributed by atoms with Crippen LogP contribution in [-0.4, -0.2) is 24.0 Å². The van der Waals surface area contributed by atoms with Gasteiger partial charge >= 0.3 is 0 Å². The molecule has 0 atom stereocenters. The predicted molar refractivity (Wildman–Crippen MR) is 92.9 cm³/mol. The number of carbonyl (C=O) groups is 1. The molecule has 0 bridgehead atoms. The minimum Gasteiger partial charge on any atom is -0.492 e. The molecule has 0 aliphatic heterocycles. The molecule has 0 fully saturated rings. The van der Waals surface area contributed by atoms with E-state index in [0.717, 1.165) is 20.9 Å². The number of thiazole rings is 1. The van der Waals surface area contributed by atoms with Crippen molar-refractivity contribution in [2.75, 3.05) is 13.2 Å². The van der Waals surface area contributed by atoms with Crippen LogP contribution in [0.4, 0.5) is 0 Å². The van der Waals surface area contributed by atoms with Gasteiger partial charge in [0.05, 0.1) is 17.2 Å². The number of nitrogens with zero attached hydrogens (tertiary/aromatic N) is 1. The first kappa shape index (κ1) is 17.0. The molecule has 6 heteroatoms. The number of aryl methyl sites for hydroxylation is 1. The van der Waals surface area contributed by atoms with E-state index in [1.165, 1.54) is 11.3 Å². The lowest BCUT2D eigenvalue weighted by molar-refractivity contribution is 0.0950. The van der Waals surface area contributed by atoms with Crippen molar-refractivity contribution in [3.63, 3.8) is 0 Å². The number of ether oxygens (including phenoxy) is 1. The Balaban J connectivity index is 1.83. The number of nitrogens with one attached hydrogen (secondary N) is 1. The average molecular weight is 383 g/mol. The first-order chi connectivity index (χ1) is 10.5. The molecule has 0 spiro atoms. The zero-order valence-electron chi connectivity index (χ0n) is 12.9. The van der Waals surface area contributed by atoms with Gasteiger partial charge in [0.2, 0.25) is 0 Å². The molecule has 118 valence electrons. The van der Waals surface area contributed by atoms with Crippen LogP contribution in [0.15, 0.2) is 28.7 Å². The van der Waals surface area contributed by atoms with Crippen LogP contribution in [0.1, 0.15) is 40.1 Å². The van der Waals surface area contributed by atoms with E-state index < -0.39 is 0 Å². The Kier molecular flexibility index (Phi) is 5.97. The molecular weight excluding hydrogens is 364 g/mol. The van der Waals surface area contributed by atoms with Gasteiger partial charge in [-0.2, -0.15) is 0 Å². The molecule has 2 aromatic rings. The van der Waals surface area contributed by atoms with Gasteiger partial charge in [-0.15, -0.1) is 11.3 Å². The SMILES string of the molecule is Cc1nc(C(C)C)sc1C(=O)NCCOc1cccc(Br)c1. The Bertz CT molecular complexity index is 655. The summed E-state index contributed by atoms with van der Waals surface area (Å²) in [6.07, 6.45) is 0. The summed E-state index contributed by atoms with van der Waals surface area (Å²) in [6.45, 7) is 6.91. The van der Waals surface area contributed by atoms with Crippen LogP contribution in [-0.2, 0) is 0 Å². The molecule has 0 saturated heterocycles. The van der Waals surface area contributed by atoms with E-state index in [2.05, 4.69) is 40.1 Å². The van der Waals surface area contributed by atoms with Crippen LogP contribution in [0.3, 0.4) is 0 Å². The molecule has 0 radical (unpaired) electrons. The van der Waals surface area contributed by atoms with Gasteiger partial charge in [0.15, 0.2) is 0 Å². The smallest absolute Gasteiger partial charge is 0.263 e. The van der Waals surface area contributed by atoms with Gasteiger partial charge in [0, 0.05) is 10.4 Å². The highest BCUT2D eigenvalue weighted by molar-refractivity contribution is 9.10. The summed E-state index contributed by atoms with van der Waals surface area (Å²) >= 11 is 4.85. The minimum atomic E-state index is -0.0836. The molecule has 1 heterocycles. The van der Waals surface area contributed by atoms with Crippen molar-refractivity contribution in [2.45, 2.75) is 26.7 Å². The first-order valence-corrected chi connectivity index (χ1v) is 8.72. The quantitative estimate of drug-likeness (QED) is 0.763. The second kappa shape index (κ2) is 7.74. The van der Waals surface area contributed by atoms with Crippen molar-refractivity contribution < 1.29 is 9.53 Å². The van der Waals surface area contributed by atoms with Crippen LogP contribution in [0.5, 0.6) is 5.75 Å². The van der Waals surface area contributed by atoms with Crippen molar-refractivity contribution in [1.82, 2.24) is 10.3 Å². The standard InChI is InChI=1S/C16H19BrN2O2S/c1-10(2)16-19-11(3)14(22-16)15(20)18-7-8-21-13-6-4-5-12(17)9-13/h4-6,9-10H,7-8H2,1-3H3,(H,18,20). The highest BCUT2D eigenvalue weighted by Crippen LogP contribution is 2.24. The van der Waals surface area contributed by atoms with Gasteiger partial charge < -0.3 is 10.1 Å². The second-order valence-electron chi connectivity index (χ2n) is 5.18. The fraction of sp³-hybridized carbons (Fsp3) is 0.375. The molecule has 4 nitrogen and oxygen atoms in total. The van der Waals surface area contributed by atoms with Crippen molar-refractivity contribution in [1.29, 1.82) is 0 Å². The monoisotopic (exact) mass is 382 g/mol. The lowest BCUT2D eigenvalue weighted by atomic mass is 10.2. The van der Waals surface area contributed by atoms with E-state index in [0.29, 0.717) is 23.9 Å². The topological polar surface area (TPSA) is 51.2 Å². The Hall–Kier alpha value is -1.40. The zero-order chi connectivity index (χ0) is 16.1. The van der Waals surface area contributed by atoms with E-state index in [1.54, 1.807) is 0 Å². The molecule has 1 N–H and O–H groups in total. The molecule has 0 saturated carbocycles. The number of rotatable bonds is 6. The van der Waals surface area contributed by atoms with Gasteiger partial charge in [0.25, 0.3) is 5.91 Å². The number of hydrogen-bond donors (Lipinski definition) is 1. The Morgan fingerprint density at radius 1 is 1.45 bits per heavy atom. The summed E-state index contributed by atoms with van der Waals surface area (Å²) in [5, 5.41) is 3.87. The molecule has 1 aromatic heterocycles. The maximum Gasteiger partial charge on any atom is 0.263 e. The maximum atomic E-state index is 12.2. The van der Waals surface area contributed by atoms with Gasteiger partial charge in [-0.25, -0.2) is 4.98 Å². The van der Waals surface area contributed by atoms with Crippen LogP contribution in [0.25, 0.3) is 0 Å². The molecular formula is C16H19BrN2O2S. The van der Waals surface area contributed by atoms with E-state index in [4.69, 9.17) is 4.74 Å². The molecule has 1 aromatic carbocycles. The minimum absolute atomic E-state index is 0.0836. The normalized spacial score (nSPS) is 10.8.